The molecule has 0 amide bonds. The molecular formula is C21H22N6S. The van der Waals surface area contributed by atoms with Gasteiger partial charge in [0.15, 0.2) is 5.82 Å². The molecule has 0 aliphatic heterocycles. The summed E-state index contributed by atoms with van der Waals surface area (Å²) in [5.74, 6) is 2.17. The molecule has 3 heterocycles. The van der Waals surface area contributed by atoms with Crippen LogP contribution in [-0.4, -0.2) is 24.9 Å². The Morgan fingerprint density at radius 3 is 2.64 bits per heavy atom. The number of imidazole rings is 1. The Morgan fingerprint density at radius 2 is 1.86 bits per heavy atom. The van der Waals surface area contributed by atoms with Gasteiger partial charge in [-0.3, -0.25) is 0 Å². The summed E-state index contributed by atoms with van der Waals surface area (Å²) >= 11 is 1.52. The fourth-order valence-electron chi connectivity index (χ4n) is 4.02. The summed E-state index contributed by atoms with van der Waals surface area (Å²) in [6.45, 7) is 0. The molecule has 0 atom stereocenters. The molecule has 3 N–H and O–H groups in total. The predicted octanol–water partition coefficient (Wildman–Crippen LogP) is 4.85. The maximum Gasteiger partial charge on any atom is 0.154 e. The lowest BCUT2D eigenvalue weighted by molar-refractivity contribution is 0.352. The van der Waals surface area contributed by atoms with E-state index in [1.165, 1.54) is 49.8 Å². The Labute approximate surface area is 167 Å². The van der Waals surface area contributed by atoms with Gasteiger partial charge in [0, 0.05) is 12.0 Å². The van der Waals surface area contributed by atoms with E-state index in [-0.39, 0.29) is 0 Å². The number of fused-ring (bicyclic) bond motifs is 1. The van der Waals surface area contributed by atoms with Crippen molar-refractivity contribution in [3.05, 3.63) is 42.5 Å². The normalized spacial score (nSPS) is 15.3. The molecule has 0 spiro atoms. The van der Waals surface area contributed by atoms with Crippen LogP contribution in [0.2, 0.25) is 0 Å². The zero-order valence-electron chi connectivity index (χ0n) is 15.6. The molecule has 4 aromatic rings. The quantitative estimate of drug-likeness (QED) is 0.519. The molecule has 1 aromatic carbocycles. The molecule has 7 heteroatoms. The average Bonchev–Trinajstić information content (AvgIpc) is 3.34. The van der Waals surface area contributed by atoms with Gasteiger partial charge >= 0.3 is 0 Å². The highest BCUT2D eigenvalue weighted by Crippen LogP contribution is 2.36. The van der Waals surface area contributed by atoms with Gasteiger partial charge in [0.05, 0.1) is 5.69 Å². The van der Waals surface area contributed by atoms with Gasteiger partial charge in [0.1, 0.15) is 33.2 Å². The van der Waals surface area contributed by atoms with E-state index in [4.69, 9.17) is 15.7 Å². The third-order valence-electron chi connectivity index (χ3n) is 5.44. The van der Waals surface area contributed by atoms with Crippen LogP contribution >= 0.6 is 11.3 Å². The first kappa shape index (κ1) is 17.3. The Balaban J connectivity index is 1.59. The number of nitrogens with one attached hydrogen (secondary N) is 1. The van der Waals surface area contributed by atoms with Crippen molar-refractivity contribution in [3.63, 3.8) is 0 Å². The minimum atomic E-state index is 0.413. The molecule has 0 saturated heterocycles. The van der Waals surface area contributed by atoms with Crippen molar-refractivity contribution in [2.45, 2.75) is 38.5 Å². The number of hydrogen-bond donors (Lipinski definition) is 2. The van der Waals surface area contributed by atoms with Crippen molar-refractivity contribution in [1.29, 1.82) is 0 Å². The van der Waals surface area contributed by atoms with Gasteiger partial charge in [-0.15, -0.1) is 0 Å². The van der Waals surface area contributed by atoms with E-state index in [0.29, 0.717) is 17.3 Å². The topological polar surface area (TPSA) is 93.4 Å². The highest BCUT2D eigenvalue weighted by atomic mass is 32.1. The van der Waals surface area contributed by atoms with E-state index in [1.807, 2.05) is 18.2 Å². The molecule has 142 valence electrons. The molecule has 1 fully saturated rings. The smallest absolute Gasteiger partial charge is 0.154 e. The van der Waals surface area contributed by atoms with Gasteiger partial charge in [-0.1, -0.05) is 73.8 Å². The van der Waals surface area contributed by atoms with Gasteiger partial charge in [0.2, 0.25) is 0 Å². The van der Waals surface area contributed by atoms with Crippen molar-refractivity contribution in [2.24, 2.45) is 5.92 Å². The third-order valence-corrected chi connectivity index (χ3v) is 6.43. The van der Waals surface area contributed by atoms with Crippen molar-refractivity contribution in [2.75, 3.05) is 5.73 Å². The maximum absolute atomic E-state index is 5.99. The number of nitrogens with two attached hydrogens (primary N) is 1. The minimum Gasteiger partial charge on any atom is -0.382 e. The first-order valence-corrected chi connectivity index (χ1v) is 10.6. The zero-order chi connectivity index (χ0) is 18.9. The number of hydrogen-bond acceptors (Lipinski definition) is 6. The van der Waals surface area contributed by atoms with Crippen LogP contribution in [0.1, 0.15) is 37.9 Å². The number of thiazole rings is 1. The summed E-state index contributed by atoms with van der Waals surface area (Å²) in [5, 5.41) is 0.850. The molecule has 1 aliphatic carbocycles. The van der Waals surface area contributed by atoms with Crippen molar-refractivity contribution < 1.29 is 0 Å². The van der Waals surface area contributed by atoms with Crippen LogP contribution in [0.3, 0.4) is 0 Å². The molecule has 3 aromatic heterocycles. The summed E-state index contributed by atoms with van der Waals surface area (Å²) in [7, 11) is 0. The maximum atomic E-state index is 5.99. The zero-order valence-corrected chi connectivity index (χ0v) is 16.4. The highest BCUT2D eigenvalue weighted by Gasteiger charge is 2.21. The predicted molar refractivity (Wildman–Crippen MR) is 113 cm³/mol. The van der Waals surface area contributed by atoms with Crippen LogP contribution < -0.4 is 5.73 Å². The lowest BCUT2D eigenvalue weighted by atomic mass is 9.87. The first-order valence-electron chi connectivity index (χ1n) is 9.79. The molecule has 28 heavy (non-hydrogen) atoms. The number of rotatable bonds is 4. The SMILES string of the molecule is Nc1ncnc2sc(-c3[nH]c(CC4CCCCC4)nc3-c3ccccc3)nc12. The summed E-state index contributed by atoms with van der Waals surface area (Å²) in [6.07, 6.45) is 9.10. The summed E-state index contributed by atoms with van der Waals surface area (Å²) in [6, 6.07) is 10.3. The summed E-state index contributed by atoms with van der Waals surface area (Å²) in [5.41, 5.74) is 9.62. The Hall–Kier alpha value is -2.80. The van der Waals surface area contributed by atoms with Crippen LogP contribution in [0.15, 0.2) is 36.7 Å². The molecular weight excluding hydrogens is 368 g/mol. The summed E-state index contributed by atoms with van der Waals surface area (Å²) in [4.78, 5) is 22.5. The van der Waals surface area contributed by atoms with Gasteiger partial charge in [-0.05, 0) is 5.92 Å². The van der Waals surface area contributed by atoms with E-state index < -0.39 is 0 Å². The van der Waals surface area contributed by atoms with Crippen molar-refractivity contribution in [1.82, 2.24) is 24.9 Å². The lowest BCUT2D eigenvalue weighted by Crippen LogP contribution is -2.10. The molecule has 1 saturated carbocycles. The van der Waals surface area contributed by atoms with Crippen LogP contribution in [0.4, 0.5) is 5.82 Å². The molecule has 0 radical (unpaired) electrons. The second kappa shape index (κ2) is 7.31. The third kappa shape index (κ3) is 3.26. The minimum absolute atomic E-state index is 0.413. The molecule has 1 aliphatic rings. The van der Waals surface area contributed by atoms with Gasteiger partial charge in [-0.2, -0.15) is 0 Å². The number of benzene rings is 1. The van der Waals surface area contributed by atoms with E-state index in [2.05, 4.69) is 27.1 Å². The van der Waals surface area contributed by atoms with Crippen LogP contribution in [0, 0.1) is 5.92 Å². The van der Waals surface area contributed by atoms with E-state index >= 15 is 0 Å². The Kier molecular flexibility index (Phi) is 4.52. The number of H-pyrrole nitrogens is 1. The second-order valence-electron chi connectivity index (χ2n) is 7.41. The molecule has 0 unspecified atom stereocenters. The van der Waals surface area contributed by atoms with Gasteiger partial charge < -0.3 is 10.7 Å². The average molecular weight is 391 g/mol. The number of aromatic amines is 1. The van der Waals surface area contributed by atoms with Crippen molar-refractivity contribution >= 4 is 27.5 Å². The highest BCUT2D eigenvalue weighted by molar-refractivity contribution is 7.21. The standard InChI is InChI=1S/C21H22N6S/c22-19-18-20(24-12-23-19)28-21(27-18)17-16(14-9-5-2-6-10-14)25-15(26-17)11-13-7-3-1-4-8-13/h2,5-6,9-10,12-13H,1,3-4,7-8,11H2,(H,25,26)(H2,22,23,24). The van der Waals surface area contributed by atoms with Crippen LogP contribution in [0.5, 0.6) is 0 Å². The van der Waals surface area contributed by atoms with Crippen LogP contribution in [-0.2, 0) is 6.42 Å². The molecule has 5 rings (SSSR count). The Morgan fingerprint density at radius 1 is 1.04 bits per heavy atom. The van der Waals surface area contributed by atoms with Crippen LogP contribution in [0.25, 0.3) is 32.3 Å². The second-order valence-corrected chi connectivity index (χ2v) is 8.39. The summed E-state index contributed by atoms with van der Waals surface area (Å²) < 4.78 is 0. The van der Waals surface area contributed by atoms with Gasteiger partial charge in [-0.25, -0.2) is 19.9 Å². The molecule has 0 bridgehead atoms. The molecule has 6 nitrogen and oxygen atoms in total. The van der Waals surface area contributed by atoms with E-state index in [9.17, 15) is 0 Å². The largest absolute Gasteiger partial charge is 0.382 e. The number of anilines is 1. The fourth-order valence-corrected chi connectivity index (χ4v) is 4.94. The number of nitrogen functional groups attached to an aromatic ring is 1. The fraction of sp³-hybridized carbons (Fsp3) is 0.333. The number of nitrogens with zero attached hydrogens (tertiary/aromatic N) is 4. The number of aromatic nitrogens is 5. The Bertz CT molecular complexity index is 1090. The first-order chi connectivity index (χ1) is 13.8. The van der Waals surface area contributed by atoms with E-state index in [0.717, 1.165) is 39.0 Å². The lowest BCUT2D eigenvalue weighted by Gasteiger charge is -2.20. The van der Waals surface area contributed by atoms with E-state index in [1.54, 1.807) is 0 Å². The van der Waals surface area contributed by atoms with Gasteiger partial charge in [0.25, 0.3) is 0 Å². The van der Waals surface area contributed by atoms with Crippen molar-refractivity contribution in [3.8, 4) is 22.0 Å². The monoisotopic (exact) mass is 390 g/mol.